The predicted octanol–water partition coefficient (Wildman–Crippen LogP) is 5.01. The Balaban J connectivity index is 1.36. The van der Waals surface area contributed by atoms with Gasteiger partial charge in [0.25, 0.3) is 0 Å². The van der Waals surface area contributed by atoms with E-state index in [0.29, 0.717) is 35.6 Å². The summed E-state index contributed by atoms with van der Waals surface area (Å²) >= 11 is 5.76. The molecule has 5 rings (SSSR count). The quantitative estimate of drug-likeness (QED) is 0.434. The van der Waals surface area contributed by atoms with Crippen molar-refractivity contribution in [3.05, 3.63) is 78.4 Å². The number of para-hydroxylation sites is 2. The number of amides is 1. The molecular weight excluding hydrogens is 458 g/mol. The molecule has 0 bridgehead atoms. The number of pyridine rings is 1. The van der Waals surface area contributed by atoms with Crippen molar-refractivity contribution in [3.8, 4) is 5.75 Å². The smallest absolute Gasteiger partial charge is 0.226 e. The van der Waals surface area contributed by atoms with Gasteiger partial charge in [0.05, 0.1) is 30.6 Å². The minimum atomic E-state index is -0.0830. The van der Waals surface area contributed by atoms with Gasteiger partial charge in [-0.05, 0) is 61.0 Å². The van der Waals surface area contributed by atoms with Gasteiger partial charge in [0.2, 0.25) is 5.91 Å². The molecule has 1 saturated carbocycles. The molecule has 2 fully saturated rings. The van der Waals surface area contributed by atoms with E-state index in [2.05, 4.69) is 43.5 Å². The van der Waals surface area contributed by atoms with Crippen LogP contribution in [0.5, 0.6) is 5.75 Å². The zero-order chi connectivity index (χ0) is 24.2. The first-order chi connectivity index (χ1) is 17.1. The topological polar surface area (TPSA) is 71.4 Å². The molecule has 0 unspecified atom stereocenters. The molecule has 182 valence electrons. The molecule has 7 nitrogen and oxygen atoms in total. The normalized spacial score (nSPS) is 20.1. The van der Waals surface area contributed by atoms with Gasteiger partial charge in [-0.15, -0.1) is 0 Å². The fourth-order valence-electron chi connectivity index (χ4n) is 5.23. The van der Waals surface area contributed by atoms with Gasteiger partial charge in [-0.3, -0.25) is 9.78 Å². The second kappa shape index (κ2) is 10.5. The van der Waals surface area contributed by atoms with Crippen LogP contribution < -0.4 is 15.4 Å². The minimum absolute atomic E-state index is 0.0425. The van der Waals surface area contributed by atoms with Gasteiger partial charge in [0.1, 0.15) is 5.75 Å². The van der Waals surface area contributed by atoms with Crippen LogP contribution in [0.25, 0.3) is 0 Å². The Bertz CT molecular complexity index is 1180. The fraction of sp³-hybridized carbons (Fsp3) is 0.370. The van der Waals surface area contributed by atoms with Gasteiger partial charge in [-0.1, -0.05) is 31.0 Å². The molecule has 35 heavy (non-hydrogen) atoms. The first kappa shape index (κ1) is 23.4. The lowest BCUT2D eigenvalue weighted by Gasteiger charge is -2.27. The number of benzene rings is 1. The molecule has 1 saturated heterocycles. The molecule has 0 radical (unpaired) electrons. The van der Waals surface area contributed by atoms with Crippen molar-refractivity contribution in [1.82, 2.24) is 19.8 Å². The molecule has 2 atom stereocenters. The number of hydrogen-bond donors (Lipinski definition) is 2. The van der Waals surface area contributed by atoms with Gasteiger partial charge in [-0.2, -0.15) is 0 Å². The molecule has 1 amide bonds. The lowest BCUT2D eigenvalue weighted by molar-refractivity contribution is -0.116. The average Bonchev–Trinajstić information content (AvgIpc) is 3.64. The monoisotopic (exact) mass is 489 g/mol. The van der Waals surface area contributed by atoms with Crippen molar-refractivity contribution in [3.63, 3.8) is 0 Å². The summed E-state index contributed by atoms with van der Waals surface area (Å²) in [5.74, 6) is 0.557. The van der Waals surface area contributed by atoms with E-state index in [4.69, 9.17) is 17.0 Å². The summed E-state index contributed by atoms with van der Waals surface area (Å²) in [7, 11) is 1.60. The van der Waals surface area contributed by atoms with Crippen molar-refractivity contribution in [2.45, 2.75) is 50.2 Å². The number of nitrogens with zero attached hydrogens (tertiary/aromatic N) is 3. The fourth-order valence-corrected chi connectivity index (χ4v) is 5.56. The number of hydrogen-bond acceptors (Lipinski definition) is 4. The molecule has 0 spiro atoms. The number of anilines is 1. The van der Waals surface area contributed by atoms with Crippen LogP contribution in [-0.2, 0) is 4.79 Å². The van der Waals surface area contributed by atoms with Crippen molar-refractivity contribution >= 4 is 28.9 Å². The van der Waals surface area contributed by atoms with Crippen LogP contribution in [0.4, 0.5) is 5.69 Å². The summed E-state index contributed by atoms with van der Waals surface area (Å²) in [6, 6.07) is 16.0. The Kier molecular flexibility index (Phi) is 6.99. The highest BCUT2D eigenvalue weighted by molar-refractivity contribution is 7.80. The Morgan fingerprint density at radius 1 is 1.17 bits per heavy atom. The zero-order valence-electron chi connectivity index (χ0n) is 19.9. The van der Waals surface area contributed by atoms with Crippen molar-refractivity contribution in [2.24, 2.45) is 0 Å². The standard InChI is InChI=1S/C27H31N5O2S/c1-34-23-12-5-4-10-21(23)29-24(33)14-17-32-26(19-13-16-31(18-19)20-8-2-3-9-20)25(30-27(32)35)22-11-6-7-15-28-22/h4-7,10-13,15-16,18,20,25-26H,2-3,8-9,14,17H2,1H3,(H,29,33)(H,30,35)/t25-,26+/m1/s1. The number of carbonyl (C=O) groups is 1. The van der Waals surface area contributed by atoms with Crippen LogP contribution in [0.1, 0.15) is 61.5 Å². The first-order valence-corrected chi connectivity index (χ1v) is 12.6. The van der Waals surface area contributed by atoms with E-state index in [1.807, 2.05) is 48.7 Å². The number of methoxy groups -OCH3 is 1. The molecule has 1 aromatic carbocycles. The molecule has 8 heteroatoms. The molecule has 1 aliphatic heterocycles. The van der Waals surface area contributed by atoms with Gasteiger partial charge in [0.15, 0.2) is 5.11 Å². The molecular formula is C27H31N5O2S. The van der Waals surface area contributed by atoms with Crippen LogP contribution in [0.3, 0.4) is 0 Å². The van der Waals surface area contributed by atoms with Crippen LogP contribution in [0.2, 0.25) is 0 Å². The van der Waals surface area contributed by atoms with Gasteiger partial charge in [0, 0.05) is 37.6 Å². The van der Waals surface area contributed by atoms with Crippen LogP contribution in [0, 0.1) is 0 Å². The van der Waals surface area contributed by atoms with Crippen LogP contribution in [0.15, 0.2) is 67.1 Å². The molecule has 2 N–H and O–H groups in total. The number of carbonyl (C=O) groups excluding carboxylic acids is 1. The lowest BCUT2D eigenvalue weighted by Crippen LogP contribution is -2.32. The van der Waals surface area contributed by atoms with Crippen LogP contribution >= 0.6 is 12.2 Å². The summed E-state index contributed by atoms with van der Waals surface area (Å²) in [6.45, 7) is 0.495. The second-order valence-electron chi connectivity index (χ2n) is 9.15. The predicted molar refractivity (Wildman–Crippen MR) is 140 cm³/mol. The van der Waals surface area contributed by atoms with Crippen LogP contribution in [-0.4, -0.2) is 39.1 Å². The highest BCUT2D eigenvalue weighted by atomic mass is 32.1. The van der Waals surface area contributed by atoms with E-state index in [1.54, 1.807) is 7.11 Å². The maximum absolute atomic E-state index is 12.8. The third-order valence-electron chi connectivity index (χ3n) is 6.98. The molecule has 2 aliphatic rings. The summed E-state index contributed by atoms with van der Waals surface area (Å²) in [5, 5.41) is 7.08. The van der Waals surface area contributed by atoms with Gasteiger partial charge in [-0.25, -0.2) is 0 Å². The minimum Gasteiger partial charge on any atom is -0.495 e. The highest BCUT2D eigenvalue weighted by Gasteiger charge is 2.40. The third-order valence-corrected chi connectivity index (χ3v) is 7.34. The summed E-state index contributed by atoms with van der Waals surface area (Å²) in [5.41, 5.74) is 2.79. The maximum Gasteiger partial charge on any atom is 0.226 e. The first-order valence-electron chi connectivity index (χ1n) is 12.2. The molecule has 3 aromatic rings. The van der Waals surface area contributed by atoms with E-state index in [-0.39, 0.29) is 18.0 Å². The van der Waals surface area contributed by atoms with E-state index in [9.17, 15) is 4.79 Å². The number of ether oxygens (including phenoxy) is 1. The number of rotatable bonds is 8. The zero-order valence-corrected chi connectivity index (χ0v) is 20.7. The second-order valence-corrected chi connectivity index (χ2v) is 9.54. The maximum atomic E-state index is 12.8. The Labute approximate surface area is 211 Å². The SMILES string of the molecule is COc1ccccc1NC(=O)CCN1C(=S)N[C@H](c2ccccn2)[C@@H]1c1ccn(C2CCCC2)c1. The average molecular weight is 490 g/mol. The van der Waals surface area contributed by atoms with Crippen molar-refractivity contribution in [2.75, 3.05) is 19.0 Å². The van der Waals surface area contributed by atoms with Crippen molar-refractivity contribution in [1.29, 1.82) is 0 Å². The van der Waals surface area contributed by atoms with Crippen molar-refractivity contribution < 1.29 is 9.53 Å². The summed E-state index contributed by atoms with van der Waals surface area (Å²) in [6.07, 6.45) is 11.6. The largest absolute Gasteiger partial charge is 0.495 e. The van der Waals surface area contributed by atoms with E-state index in [0.717, 1.165) is 5.69 Å². The van der Waals surface area contributed by atoms with E-state index >= 15 is 0 Å². The Morgan fingerprint density at radius 2 is 1.97 bits per heavy atom. The molecule has 1 aliphatic carbocycles. The number of nitrogens with one attached hydrogen (secondary N) is 2. The summed E-state index contributed by atoms with van der Waals surface area (Å²) in [4.78, 5) is 19.6. The Hall–Kier alpha value is -3.39. The lowest BCUT2D eigenvalue weighted by atomic mass is 9.99. The number of thiocarbonyl (C=S) groups is 1. The van der Waals surface area contributed by atoms with Gasteiger partial charge < -0.3 is 24.8 Å². The number of aromatic nitrogens is 2. The van der Waals surface area contributed by atoms with Gasteiger partial charge >= 0.3 is 0 Å². The molecule has 3 heterocycles. The van der Waals surface area contributed by atoms with E-state index < -0.39 is 0 Å². The molecule has 2 aromatic heterocycles. The van der Waals surface area contributed by atoms with E-state index in [1.165, 1.54) is 31.2 Å². The third kappa shape index (κ3) is 5.03. The Morgan fingerprint density at radius 3 is 2.74 bits per heavy atom. The highest BCUT2D eigenvalue weighted by Crippen LogP contribution is 2.40. The summed E-state index contributed by atoms with van der Waals surface area (Å²) < 4.78 is 7.71.